The fourth-order valence-corrected chi connectivity index (χ4v) is 3.21. The van der Waals surface area contributed by atoms with Crippen molar-refractivity contribution >= 4 is 33.6 Å². The molecule has 10 heteroatoms. The Kier molecular flexibility index (Phi) is 4.65. The van der Waals surface area contributed by atoms with E-state index in [4.69, 9.17) is 0 Å². The van der Waals surface area contributed by atoms with E-state index in [1.54, 1.807) is 18.1 Å². The van der Waals surface area contributed by atoms with Crippen molar-refractivity contribution in [3.05, 3.63) is 18.2 Å². The van der Waals surface area contributed by atoms with Gasteiger partial charge in [-0.15, -0.1) is 0 Å². The van der Waals surface area contributed by atoms with E-state index < -0.39 is 10.2 Å². The minimum Gasteiger partial charge on any atom is -0.340 e. The third-order valence-corrected chi connectivity index (χ3v) is 4.32. The van der Waals surface area contributed by atoms with E-state index in [1.807, 2.05) is 17.8 Å². The second-order valence-corrected chi connectivity index (χ2v) is 6.61. The Morgan fingerprint density at radius 3 is 2.80 bits per heavy atom. The van der Waals surface area contributed by atoms with Crippen LogP contribution in [0.25, 0.3) is 0 Å². The van der Waals surface area contributed by atoms with Crippen LogP contribution in [0, 0.1) is 0 Å². The number of imidazole rings is 1. The van der Waals surface area contributed by atoms with Crippen molar-refractivity contribution in [1.29, 1.82) is 0 Å². The minimum absolute atomic E-state index is 0.250. The normalized spacial score (nSPS) is 21.1. The molecule has 0 aliphatic carbocycles. The summed E-state index contributed by atoms with van der Waals surface area (Å²) in [6.45, 7) is 0.510. The maximum absolute atomic E-state index is 11.3. The van der Waals surface area contributed by atoms with Crippen molar-refractivity contribution in [3.63, 3.8) is 0 Å². The Morgan fingerprint density at radius 2 is 2.15 bits per heavy atom. The smallest absolute Gasteiger partial charge is 0.324 e. The van der Waals surface area contributed by atoms with Crippen LogP contribution >= 0.6 is 11.8 Å². The first-order valence-electron chi connectivity index (χ1n) is 5.87. The molecule has 1 aromatic rings. The molecule has 0 spiro atoms. The average Bonchev–Trinajstić information content (AvgIpc) is 2.92. The van der Waals surface area contributed by atoms with Crippen LogP contribution in [0.2, 0.25) is 0 Å². The summed E-state index contributed by atoms with van der Waals surface area (Å²) in [6, 6.07) is 0. The molecule has 1 aliphatic rings. The zero-order valence-electron chi connectivity index (χ0n) is 11.2. The van der Waals surface area contributed by atoms with E-state index in [-0.39, 0.29) is 11.7 Å². The SMILES string of the molecule is CN=C1NS(=O)(=O)NC1=NCCSCc1cn(C)cn1. The van der Waals surface area contributed by atoms with Gasteiger partial charge in [-0.25, -0.2) is 14.4 Å². The van der Waals surface area contributed by atoms with Gasteiger partial charge in [0, 0.05) is 31.8 Å². The highest BCUT2D eigenvalue weighted by Crippen LogP contribution is 2.09. The number of rotatable bonds is 5. The fraction of sp³-hybridized carbons (Fsp3) is 0.500. The summed E-state index contributed by atoms with van der Waals surface area (Å²) < 4.78 is 29.0. The van der Waals surface area contributed by atoms with Crippen LogP contribution in [0.1, 0.15) is 5.69 Å². The van der Waals surface area contributed by atoms with Crippen molar-refractivity contribution in [3.8, 4) is 0 Å². The molecule has 0 saturated carbocycles. The van der Waals surface area contributed by atoms with Gasteiger partial charge in [0.15, 0.2) is 11.7 Å². The monoisotopic (exact) mass is 316 g/mol. The number of amidine groups is 2. The summed E-state index contributed by atoms with van der Waals surface area (Å²) in [5.74, 6) is 2.11. The van der Waals surface area contributed by atoms with Crippen LogP contribution < -0.4 is 9.44 Å². The average molecular weight is 316 g/mol. The zero-order chi connectivity index (χ0) is 14.6. The van der Waals surface area contributed by atoms with Crippen LogP contribution in [-0.4, -0.2) is 49.0 Å². The largest absolute Gasteiger partial charge is 0.340 e. The van der Waals surface area contributed by atoms with Gasteiger partial charge in [0.05, 0.1) is 18.6 Å². The summed E-state index contributed by atoms with van der Waals surface area (Å²) in [4.78, 5) is 12.2. The van der Waals surface area contributed by atoms with Crippen LogP contribution in [0.15, 0.2) is 22.5 Å². The molecule has 0 amide bonds. The Balaban J connectivity index is 1.79. The third kappa shape index (κ3) is 3.97. The van der Waals surface area contributed by atoms with E-state index in [0.717, 1.165) is 17.2 Å². The van der Waals surface area contributed by atoms with Crippen LogP contribution in [0.5, 0.6) is 0 Å². The lowest BCUT2D eigenvalue weighted by molar-refractivity contribution is 0.591. The standard InChI is InChI=1S/C10H16N6O2S2/c1-11-9-10(15-20(17,18)14-9)12-3-4-19-6-8-5-16(2)7-13-8/h5,7H,3-4,6H2,1-2H3,(H,11,14)(H,12,15). The van der Waals surface area contributed by atoms with Crippen molar-refractivity contribution in [2.75, 3.05) is 19.3 Å². The number of thioether (sulfide) groups is 1. The molecular weight excluding hydrogens is 300 g/mol. The van der Waals surface area contributed by atoms with Gasteiger partial charge >= 0.3 is 10.2 Å². The van der Waals surface area contributed by atoms with Gasteiger partial charge in [-0.05, 0) is 0 Å². The first-order chi connectivity index (χ1) is 9.50. The Hall–Kier alpha value is -1.55. The number of nitrogens with zero attached hydrogens (tertiary/aromatic N) is 4. The summed E-state index contributed by atoms with van der Waals surface area (Å²) in [5.41, 5.74) is 1.02. The van der Waals surface area contributed by atoms with Gasteiger partial charge in [0.2, 0.25) is 0 Å². The van der Waals surface area contributed by atoms with Gasteiger partial charge in [-0.3, -0.25) is 9.98 Å². The molecular formula is C10H16N6O2S2. The molecule has 0 bridgehead atoms. The molecule has 1 aliphatic heterocycles. The fourth-order valence-electron chi connectivity index (χ4n) is 1.58. The van der Waals surface area contributed by atoms with Gasteiger partial charge < -0.3 is 4.57 Å². The van der Waals surface area contributed by atoms with E-state index in [2.05, 4.69) is 24.4 Å². The third-order valence-electron chi connectivity index (χ3n) is 2.42. The maximum Gasteiger partial charge on any atom is 0.324 e. The van der Waals surface area contributed by atoms with Crippen molar-refractivity contribution in [2.24, 2.45) is 17.0 Å². The van der Waals surface area contributed by atoms with E-state index in [0.29, 0.717) is 6.54 Å². The maximum atomic E-state index is 11.3. The quantitative estimate of drug-likeness (QED) is 0.716. The molecule has 110 valence electrons. The molecule has 0 radical (unpaired) electrons. The molecule has 1 saturated heterocycles. The predicted octanol–water partition coefficient (Wildman–Crippen LogP) is -0.482. The zero-order valence-corrected chi connectivity index (χ0v) is 12.8. The van der Waals surface area contributed by atoms with E-state index >= 15 is 0 Å². The lowest BCUT2D eigenvalue weighted by atomic mass is 10.5. The summed E-state index contributed by atoms with van der Waals surface area (Å²) in [5, 5.41) is 0. The number of hydrogen-bond donors (Lipinski definition) is 2. The van der Waals surface area contributed by atoms with Crippen LogP contribution in [0.4, 0.5) is 0 Å². The number of aryl methyl sites for hydroxylation is 1. The molecule has 0 unspecified atom stereocenters. The van der Waals surface area contributed by atoms with Crippen molar-refractivity contribution < 1.29 is 8.42 Å². The Morgan fingerprint density at radius 1 is 1.40 bits per heavy atom. The lowest BCUT2D eigenvalue weighted by Gasteiger charge is -1.98. The van der Waals surface area contributed by atoms with Gasteiger partial charge in [-0.1, -0.05) is 0 Å². The van der Waals surface area contributed by atoms with Gasteiger partial charge in [0.25, 0.3) is 0 Å². The van der Waals surface area contributed by atoms with Crippen LogP contribution in [0.3, 0.4) is 0 Å². The molecule has 1 aromatic heterocycles. The number of nitrogens with one attached hydrogen (secondary N) is 2. The second kappa shape index (κ2) is 6.27. The molecule has 0 aromatic carbocycles. The van der Waals surface area contributed by atoms with E-state index in [9.17, 15) is 8.42 Å². The highest BCUT2D eigenvalue weighted by Gasteiger charge is 2.27. The number of aromatic nitrogens is 2. The molecule has 1 fully saturated rings. The highest BCUT2D eigenvalue weighted by molar-refractivity contribution is 7.98. The molecule has 0 atom stereocenters. The van der Waals surface area contributed by atoms with Crippen molar-refractivity contribution in [2.45, 2.75) is 5.75 Å². The van der Waals surface area contributed by atoms with Gasteiger partial charge in [0.1, 0.15) is 0 Å². The summed E-state index contributed by atoms with van der Waals surface area (Å²) in [6.07, 6.45) is 3.73. The predicted molar refractivity (Wildman–Crippen MR) is 80.2 cm³/mol. The molecule has 2 heterocycles. The number of aliphatic imine (C=N–C) groups is 2. The molecule has 20 heavy (non-hydrogen) atoms. The van der Waals surface area contributed by atoms with Crippen molar-refractivity contribution in [1.82, 2.24) is 19.0 Å². The Labute approximate surface area is 122 Å². The highest BCUT2D eigenvalue weighted by atomic mass is 32.2. The lowest BCUT2D eigenvalue weighted by Crippen LogP contribution is -2.24. The van der Waals surface area contributed by atoms with E-state index in [1.165, 1.54) is 7.05 Å². The molecule has 8 nitrogen and oxygen atoms in total. The first-order valence-corrected chi connectivity index (χ1v) is 8.51. The van der Waals surface area contributed by atoms with Crippen LogP contribution in [-0.2, 0) is 23.0 Å². The second-order valence-electron chi connectivity index (χ2n) is 4.09. The Bertz CT molecular complexity index is 634. The van der Waals surface area contributed by atoms with Gasteiger partial charge in [-0.2, -0.15) is 20.2 Å². The molecule has 2 rings (SSSR count). The topological polar surface area (TPSA) is 101 Å². The first kappa shape index (κ1) is 14.9. The summed E-state index contributed by atoms with van der Waals surface area (Å²) in [7, 11) is -0.0822. The minimum atomic E-state index is -3.52. The summed E-state index contributed by atoms with van der Waals surface area (Å²) >= 11 is 1.69. The molecule has 2 N–H and O–H groups in total. The number of hydrogen-bond acceptors (Lipinski definition) is 6.